The van der Waals surface area contributed by atoms with E-state index in [-0.39, 0.29) is 6.84 Å². The molecule has 0 amide bonds. The summed E-state index contributed by atoms with van der Waals surface area (Å²) in [7, 11) is 0. The van der Waals surface area contributed by atoms with Crippen LogP contribution in [0, 0.1) is 0 Å². The maximum atomic E-state index is 5.66. The molecule has 1 unspecified atom stereocenters. The molecule has 0 radical (unpaired) electrons. The molecule has 0 aliphatic rings. The minimum absolute atomic E-state index is 0. The van der Waals surface area contributed by atoms with Crippen LogP contribution < -0.4 is 0 Å². The zero-order valence-electron chi connectivity index (χ0n) is 13.9. The van der Waals surface area contributed by atoms with E-state index in [0.717, 1.165) is 34.6 Å². The molecule has 0 bridgehead atoms. The van der Waals surface area contributed by atoms with Crippen molar-refractivity contribution in [3.05, 3.63) is 36.1 Å². The molecule has 0 aliphatic carbocycles. The second-order valence-corrected chi connectivity index (χ2v) is 6.94. The third-order valence-corrected chi connectivity index (χ3v) is 4.23. The van der Waals surface area contributed by atoms with E-state index in [1.807, 2.05) is 6.20 Å². The first-order valence-electron chi connectivity index (χ1n) is 7.83. The zero-order valence-corrected chi connectivity index (χ0v) is 13.9. The Morgan fingerprint density at radius 3 is 2.68 bits per heavy atom. The highest BCUT2D eigenvalue weighted by Gasteiger charge is 2.20. The van der Waals surface area contributed by atoms with E-state index in [4.69, 9.17) is 4.42 Å². The van der Waals surface area contributed by atoms with Crippen LogP contribution in [0.2, 0.25) is 0 Å². The van der Waals surface area contributed by atoms with Gasteiger partial charge in [0.2, 0.25) is 0 Å². The van der Waals surface area contributed by atoms with Gasteiger partial charge in [-0.15, -0.1) is 0 Å². The summed E-state index contributed by atoms with van der Waals surface area (Å²) < 4.78 is 5.66. The zero-order chi connectivity index (χ0) is 15.9. The second-order valence-electron chi connectivity index (χ2n) is 6.94. The number of hydrogen-bond donors (Lipinski definition) is 1. The van der Waals surface area contributed by atoms with Gasteiger partial charge in [0.15, 0.2) is 12.0 Å². The predicted octanol–water partition coefficient (Wildman–Crippen LogP) is 5.27. The molecule has 4 nitrogen and oxygen atoms in total. The van der Waals surface area contributed by atoms with Crippen molar-refractivity contribution >= 4 is 11.1 Å². The number of imidazole rings is 1. The molecule has 118 valence electrons. The molecular weight excluding hydrogens is 274 g/mol. The number of aromatic nitrogens is 3. The first-order chi connectivity index (χ1) is 10.4. The number of H-pyrrole nitrogens is 1. The summed E-state index contributed by atoms with van der Waals surface area (Å²) in [6.07, 6.45) is 4.49. The number of benzene rings is 1. The van der Waals surface area contributed by atoms with Gasteiger partial charge in [-0.2, -0.15) is 0 Å². The van der Waals surface area contributed by atoms with Gasteiger partial charge in [0.05, 0.1) is 11.9 Å². The Kier molecular flexibility index (Phi) is 3.55. The minimum atomic E-state index is -0.00213. The molecule has 3 aromatic rings. The Hall–Kier alpha value is -2.10. The number of nitrogens with zero attached hydrogens (tertiary/aromatic N) is 2. The molecule has 2 heterocycles. The van der Waals surface area contributed by atoms with Gasteiger partial charge in [0, 0.05) is 12.4 Å². The summed E-state index contributed by atoms with van der Waals surface area (Å²) in [6, 6.07) is 4.26. The van der Waals surface area contributed by atoms with Crippen molar-refractivity contribution < 1.29 is 5.84 Å². The Bertz CT molecular complexity index is 798. The molecule has 3 rings (SSSR count). The Balaban J connectivity index is 0.00000192. The molecule has 0 saturated carbocycles. The molecule has 1 atom stereocenters. The molecule has 1 aromatic carbocycles. The largest absolute Gasteiger partial charge is 0.443 e. The van der Waals surface area contributed by atoms with Gasteiger partial charge in [-0.25, -0.2) is 9.97 Å². The van der Waals surface area contributed by atoms with Gasteiger partial charge in [0.1, 0.15) is 11.3 Å². The monoisotopic (exact) mass is 299 g/mol. The van der Waals surface area contributed by atoms with Gasteiger partial charge in [-0.05, 0) is 17.9 Å². The summed E-state index contributed by atoms with van der Waals surface area (Å²) in [4.78, 5) is 12.4. The molecule has 4 heteroatoms. The standard InChI is InChI=1S/C18H23N3O.H2/c1-6-11(2)12-7-8-13(15-16(12)22-10-20-15)14-9-19-17(21-14)18(3,4)5;/h7-11H,6H2,1-5H3,(H,19,21);1H. The van der Waals surface area contributed by atoms with Crippen LogP contribution in [0.3, 0.4) is 0 Å². The summed E-state index contributed by atoms with van der Waals surface area (Å²) in [5.41, 5.74) is 5.03. The van der Waals surface area contributed by atoms with Crippen LogP contribution in [0.4, 0.5) is 0 Å². The van der Waals surface area contributed by atoms with Crippen LogP contribution >= 0.6 is 0 Å². The van der Waals surface area contributed by atoms with Crippen molar-refractivity contribution in [2.24, 2.45) is 0 Å². The van der Waals surface area contributed by atoms with Gasteiger partial charge in [-0.1, -0.05) is 46.8 Å². The Morgan fingerprint density at radius 1 is 1.27 bits per heavy atom. The lowest BCUT2D eigenvalue weighted by atomic mass is 9.95. The molecule has 0 saturated heterocycles. The second kappa shape index (κ2) is 5.27. The average molecular weight is 299 g/mol. The van der Waals surface area contributed by atoms with Gasteiger partial charge in [-0.3, -0.25) is 0 Å². The van der Waals surface area contributed by atoms with Gasteiger partial charge in [0.25, 0.3) is 0 Å². The lowest BCUT2D eigenvalue weighted by molar-refractivity contribution is 0.553. The molecule has 0 spiro atoms. The van der Waals surface area contributed by atoms with Crippen LogP contribution in [-0.2, 0) is 5.41 Å². The molecular formula is C18H25N3O. The van der Waals surface area contributed by atoms with Crippen LogP contribution in [0.25, 0.3) is 22.4 Å². The summed E-state index contributed by atoms with van der Waals surface area (Å²) in [5, 5.41) is 0. The van der Waals surface area contributed by atoms with Crippen molar-refractivity contribution in [2.45, 2.75) is 52.4 Å². The number of hydrogen-bond acceptors (Lipinski definition) is 3. The summed E-state index contributed by atoms with van der Waals surface area (Å²) in [5.74, 6) is 1.43. The first kappa shape index (κ1) is 14.8. The lowest BCUT2D eigenvalue weighted by Crippen LogP contribution is -2.13. The molecule has 2 aromatic heterocycles. The van der Waals surface area contributed by atoms with Crippen LogP contribution in [0.5, 0.6) is 0 Å². The first-order valence-corrected chi connectivity index (χ1v) is 7.83. The SMILES string of the molecule is CCC(C)c1ccc(-c2cnc(C(C)(C)C)[nH]2)c2ncoc12.[HH]. The smallest absolute Gasteiger partial charge is 0.182 e. The average Bonchev–Trinajstić information content (AvgIpc) is 3.13. The minimum Gasteiger partial charge on any atom is -0.443 e. The van der Waals surface area contributed by atoms with E-state index in [1.54, 1.807) is 0 Å². The highest BCUT2D eigenvalue weighted by Crippen LogP contribution is 2.34. The van der Waals surface area contributed by atoms with E-state index in [2.05, 4.69) is 61.7 Å². The highest BCUT2D eigenvalue weighted by atomic mass is 16.3. The normalized spacial score (nSPS) is 13.7. The highest BCUT2D eigenvalue weighted by molar-refractivity contribution is 5.91. The number of rotatable bonds is 3. The number of oxazole rings is 1. The Morgan fingerprint density at radius 2 is 2.05 bits per heavy atom. The molecule has 22 heavy (non-hydrogen) atoms. The molecule has 0 fully saturated rings. The van der Waals surface area contributed by atoms with Crippen molar-refractivity contribution in [1.82, 2.24) is 15.0 Å². The van der Waals surface area contributed by atoms with Crippen molar-refractivity contribution in [3.63, 3.8) is 0 Å². The quantitative estimate of drug-likeness (QED) is 0.716. The fraction of sp³-hybridized carbons (Fsp3) is 0.444. The summed E-state index contributed by atoms with van der Waals surface area (Å²) in [6.45, 7) is 10.8. The summed E-state index contributed by atoms with van der Waals surface area (Å²) >= 11 is 0. The third kappa shape index (κ3) is 2.43. The fourth-order valence-corrected chi connectivity index (χ4v) is 2.64. The Labute approximate surface area is 132 Å². The van der Waals surface area contributed by atoms with Crippen molar-refractivity contribution in [1.29, 1.82) is 0 Å². The van der Waals surface area contributed by atoms with E-state index < -0.39 is 0 Å². The predicted molar refractivity (Wildman–Crippen MR) is 91.1 cm³/mol. The van der Waals surface area contributed by atoms with E-state index >= 15 is 0 Å². The number of nitrogens with one attached hydrogen (secondary N) is 1. The molecule has 0 aliphatic heterocycles. The van der Waals surface area contributed by atoms with E-state index in [9.17, 15) is 0 Å². The van der Waals surface area contributed by atoms with Gasteiger partial charge >= 0.3 is 0 Å². The van der Waals surface area contributed by atoms with E-state index in [0.29, 0.717) is 5.92 Å². The van der Waals surface area contributed by atoms with Gasteiger partial charge < -0.3 is 9.40 Å². The fourth-order valence-electron chi connectivity index (χ4n) is 2.64. The van der Waals surface area contributed by atoms with Crippen LogP contribution in [-0.4, -0.2) is 15.0 Å². The van der Waals surface area contributed by atoms with Crippen molar-refractivity contribution in [2.75, 3.05) is 0 Å². The maximum Gasteiger partial charge on any atom is 0.182 e. The topological polar surface area (TPSA) is 54.7 Å². The van der Waals surface area contributed by atoms with Crippen LogP contribution in [0.15, 0.2) is 29.1 Å². The number of fused-ring (bicyclic) bond motifs is 1. The maximum absolute atomic E-state index is 5.66. The molecule has 1 N–H and O–H groups in total. The van der Waals surface area contributed by atoms with E-state index in [1.165, 1.54) is 12.0 Å². The van der Waals surface area contributed by atoms with Crippen LogP contribution in [0.1, 0.15) is 59.8 Å². The van der Waals surface area contributed by atoms with Crippen molar-refractivity contribution in [3.8, 4) is 11.3 Å². The number of aromatic amines is 1. The lowest BCUT2D eigenvalue weighted by Gasteiger charge is -2.14. The third-order valence-electron chi connectivity index (χ3n) is 4.23.